The Balaban J connectivity index is 2.27. The van der Waals surface area contributed by atoms with Gasteiger partial charge in [-0.25, -0.2) is 0 Å². The SMILES string of the molecule is COc1cc(OC)c(C(=O)C(C)N2CCNCC2)cc1Cl. The van der Waals surface area contributed by atoms with E-state index in [4.69, 9.17) is 21.1 Å². The first-order valence-electron chi connectivity index (χ1n) is 6.99. The van der Waals surface area contributed by atoms with E-state index in [1.165, 1.54) is 14.2 Å². The van der Waals surface area contributed by atoms with Gasteiger partial charge in [0.25, 0.3) is 0 Å². The minimum atomic E-state index is -0.203. The summed E-state index contributed by atoms with van der Waals surface area (Å²) in [4.78, 5) is 14.9. The molecule has 1 unspecified atom stereocenters. The molecule has 1 N–H and O–H groups in total. The Morgan fingerprint density at radius 2 is 1.86 bits per heavy atom. The highest BCUT2D eigenvalue weighted by atomic mass is 35.5. The normalized spacial score (nSPS) is 17.3. The molecule has 0 bridgehead atoms. The minimum Gasteiger partial charge on any atom is -0.496 e. The Hall–Kier alpha value is -1.30. The van der Waals surface area contributed by atoms with Crippen LogP contribution in [0.5, 0.6) is 11.5 Å². The Kier molecular flexibility index (Phi) is 5.45. The molecule has 0 amide bonds. The first-order chi connectivity index (χ1) is 10.1. The molecule has 0 aromatic heterocycles. The smallest absolute Gasteiger partial charge is 0.183 e. The second-order valence-electron chi connectivity index (χ2n) is 5.01. The molecule has 2 rings (SSSR count). The van der Waals surface area contributed by atoms with Crippen molar-refractivity contribution >= 4 is 17.4 Å². The molecule has 1 aromatic carbocycles. The van der Waals surface area contributed by atoms with E-state index >= 15 is 0 Å². The summed E-state index contributed by atoms with van der Waals surface area (Å²) >= 11 is 6.14. The topological polar surface area (TPSA) is 50.8 Å². The molecule has 0 radical (unpaired) electrons. The molecule has 1 fully saturated rings. The quantitative estimate of drug-likeness (QED) is 0.841. The maximum absolute atomic E-state index is 12.7. The summed E-state index contributed by atoms with van der Waals surface area (Å²) in [6.07, 6.45) is 0. The molecule has 0 spiro atoms. The zero-order chi connectivity index (χ0) is 15.4. The van der Waals surface area contributed by atoms with E-state index in [0.717, 1.165) is 26.2 Å². The Morgan fingerprint density at radius 3 is 2.43 bits per heavy atom. The van der Waals surface area contributed by atoms with Gasteiger partial charge in [0.15, 0.2) is 5.78 Å². The minimum absolute atomic E-state index is 0.0123. The molecule has 1 saturated heterocycles. The lowest BCUT2D eigenvalue weighted by Gasteiger charge is -2.32. The first-order valence-corrected chi connectivity index (χ1v) is 7.36. The van der Waals surface area contributed by atoms with Gasteiger partial charge in [-0.2, -0.15) is 0 Å². The van der Waals surface area contributed by atoms with E-state index in [0.29, 0.717) is 22.1 Å². The molecular formula is C15H21ClN2O3. The predicted octanol–water partition coefficient (Wildman–Crippen LogP) is 1.83. The number of carbonyl (C=O) groups excluding carboxylic acids is 1. The van der Waals surface area contributed by atoms with Gasteiger partial charge in [-0.15, -0.1) is 0 Å². The van der Waals surface area contributed by atoms with E-state index < -0.39 is 0 Å². The molecule has 1 aliphatic heterocycles. The van der Waals surface area contributed by atoms with Gasteiger partial charge in [0.1, 0.15) is 11.5 Å². The summed E-state index contributed by atoms with van der Waals surface area (Å²) in [5.41, 5.74) is 0.495. The molecule has 21 heavy (non-hydrogen) atoms. The second-order valence-corrected chi connectivity index (χ2v) is 5.42. The number of nitrogens with one attached hydrogen (secondary N) is 1. The van der Waals surface area contributed by atoms with E-state index in [1.807, 2.05) is 6.92 Å². The van der Waals surface area contributed by atoms with Crippen LogP contribution in [0.25, 0.3) is 0 Å². The van der Waals surface area contributed by atoms with Crippen LogP contribution in [0, 0.1) is 0 Å². The summed E-state index contributed by atoms with van der Waals surface area (Å²) in [7, 11) is 3.07. The number of carbonyl (C=O) groups is 1. The number of hydrogen-bond acceptors (Lipinski definition) is 5. The number of rotatable bonds is 5. The van der Waals surface area contributed by atoms with E-state index in [1.54, 1.807) is 12.1 Å². The molecule has 1 atom stereocenters. The fraction of sp³-hybridized carbons (Fsp3) is 0.533. The van der Waals surface area contributed by atoms with Gasteiger partial charge >= 0.3 is 0 Å². The Labute approximate surface area is 130 Å². The zero-order valence-corrected chi connectivity index (χ0v) is 13.4. The average molecular weight is 313 g/mol. The van der Waals surface area contributed by atoms with Gasteiger partial charge in [-0.3, -0.25) is 9.69 Å². The Morgan fingerprint density at radius 1 is 1.24 bits per heavy atom. The molecule has 6 heteroatoms. The van der Waals surface area contributed by atoms with Gasteiger partial charge in [0, 0.05) is 32.2 Å². The van der Waals surface area contributed by atoms with Crippen LogP contribution < -0.4 is 14.8 Å². The number of halogens is 1. The Bertz CT molecular complexity index is 516. The number of benzene rings is 1. The molecule has 1 aliphatic rings. The molecule has 1 aromatic rings. The summed E-state index contributed by atoms with van der Waals surface area (Å²) in [6.45, 7) is 5.44. The lowest BCUT2D eigenvalue weighted by molar-refractivity contribution is 0.0817. The highest BCUT2D eigenvalue weighted by molar-refractivity contribution is 6.32. The van der Waals surface area contributed by atoms with Crippen LogP contribution in [0.1, 0.15) is 17.3 Å². The van der Waals surface area contributed by atoms with Gasteiger partial charge in [-0.05, 0) is 13.0 Å². The third kappa shape index (κ3) is 3.48. The van der Waals surface area contributed by atoms with Crippen LogP contribution in [0.15, 0.2) is 12.1 Å². The second kappa shape index (κ2) is 7.11. The van der Waals surface area contributed by atoms with Gasteiger partial charge in [0.05, 0.1) is 30.8 Å². The molecule has 116 valence electrons. The van der Waals surface area contributed by atoms with Crippen LogP contribution >= 0.6 is 11.6 Å². The fourth-order valence-corrected chi connectivity index (χ4v) is 2.75. The van der Waals surface area contributed by atoms with Crippen molar-refractivity contribution in [3.8, 4) is 11.5 Å². The average Bonchev–Trinajstić information content (AvgIpc) is 2.54. The number of ether oxygens (including phenoxy) is 2. The van der Waals surface area contributed by atoms with Crippen LogP contribution in [-0.2, 0) is 0 Å². The summed E-state index contributed by atoms with van der Waals surface area (Å²) in [5, 5.41) is 3.69. The lowest BCUT2D eigenvalue weighted by atomic mass is 10.0. The zero-order valence-electron chi connectivity index (χ0n) is 12.6. The first kappa shape index (κ1) is 16.1. The maximum Gasteiger partial charge on any atom is 0.183 e. The third-order valence-corrected chi connectivity index (χ3v) is 4.11. The van der Waals surface area contributed by atoms with E-state index in [2.05, 4.69) is 10.2 Å². The third-order valence-electron chi connectivity index (χ3n) is 3.82. The van der Waals surface area contributed by atoms with Crippen LogP contribution in [0.4, 0.5) is 0 Å². The fourth-order valence-electron chi connectivity index (χ4n) is 2.51. The number of Topliss-reactive ketones (excluding diaryl/α,β-unsaturated/α-hetero) is 1. The number of hydrogen-bond donors (Lipinski definition) is 1. The number of piperazine rings is 1. The van der Waals surface area contributed by atoms with Crippen LogP contribution in [0.2, 0.25) is 5.02 Å². The van der Waals surface area contributed by atoms with Gasteiger partial charge in [0.2, 0.25) is 0 Å². The maximum atomic E-state index is 12.7. The van der Waals surface area contributed by atoms with Gasteiger partial charge < -0.3 is 14.8 Å². The lowest BCUT2D eigenvalue weighted by Crippen LogP contribution is -2.50. The van der Waals surface area contributed by atoms with Crippen molar-refractivity contribution in [1.82, 2.24) is 10.2 Å². The van der Waals surface area contributed by atoms with Crippen molar-refractivity contribution in [3.05, 3.63) is 22.7 Å². The van der Waals surface area contributed by atoms with Crippen molar-refractivity contribution < 1.29 is 14.3 Å². The highest BCUT2D eigenvalue weighted by Gasteiger charge is 2.26. The van der Waals surface area contributed by atoms with Crippen molar-refractivity contribution in [1.29, 1.82) is 0 Å². The number of methoxy groups -OCH3 is 2. The summed E-state index contributed by atoms with van der Waals surface area (Å²) < 4.78 is 10.5. The van der Waals surface area contributed by atoms with Crippen LogP contribution in [-0.4, -0.2) is 57.1 Å². The van der Waals surface area contributed by atoms with Crippen molar-refractivity contribution in [2.45, 2.75) is 13.0 Å². The van der Waals surface area contributed by atoms with Gasteiger partial charge in [-0.1, -0.05) is 11.6 Å². The van der Waals surface area contributed by atoms with E-state index in [-0.39, 0.29) is 11.8 Å². The van der Waals surface area contributed by atoms with Crippen molar-refractivity contribution in [2.24, 2.45) is 0 Å². The molecular weight excluding hydrogens is 292 g/mol. The molecule has 0 saturated carbocycles. The van der Waals surface area contributed by atoms with Crippen molar-refractivity contribution in [3.63, 3.8) is 0 Å². The molecule has 1 heterocycles. The van der Waals surface area contributed by atoms with E-state index in [9.17, 15) is 4.79 Å². The predicted molar refractivity (Wildman–Crippen MR) is 82.8 cm³/mol. The van der Waals surface area contributed by atoms with Crippen molar-refractivity contribution in [2.75, 3.05) is 40.4 Å². The standard InChI is InChI=1S/C15H21ClN2O3/c1-10(18-6-4-17-5-7-18)15(19)11-8-12(16)14(21-3)9-13(11)20-2/h8-10,17H,4-7H2,1-3H3. The number of ketones is 1. The molecule has 5 nitrogen and oxygen atoms in total. The summed E-state index contributed by atoms with van der Waals surface area (Å²) in [6, 6.07) is 3.07. The molecule has 0 aliphatic carbocycles. The number of nitrogens with zero attached hydrogens (tertiary/aromatic N) is 1. The highest BCUT2D eigenvalue weighted by Crippen LogP contribution is 2.33. The largest absolute Gasteiger partial charge is 0.496 e. The van der Waals surface area contributed by atoms with Crippen LogP contribution in [0.3, 0.4) is 0 Å². The summed E-state index contributed by atoms with van der Waals surface area (Å²) in [5.74, 6) is 1.00. The monoisotopic (exact) mass is 312 g/mol.